The second-order valence-electron chi connectivity index (χ2n) is 4.59. The van der Waals surface area contributed by atoms with Gasteiger partial charge >= 0.3 is 5.97 Å². The molecule has 2 aliphatic rings. The topological polar surface area (TPSA) is 61.0 Å². The lowest BCUT2D eigenvalue weighted by Gasteiger charge is -2.16. The van der Waals surface area contributed by atoms with E-state index in [4.69, 9.17) is 14.2 Å². The predicted octanol–water partition coefficient (Wildman–Crippen LogP) is 1.40. The molecule has 0 aromatic carbocycles. The molecule has 0 unspecified atom stereocenters. The largest absolute Gasteiger partial charge is 0.464 e. The highest BCUT2D eigenvalue weighted by molar-refractivity contribution is 5.87. The summed E-state index contributed by atoms with van der Waals surface area (Å²) in [5.41, 5.74) is 3.40. The number of fused-ring (bicyclic) bond motifs is 3. The van der Waals surface area contributed by atoms with Crippen molar-refractivity contribution in [2.45, 2.75) is 31.7 Å². The van der Waals surface area contributed by atoms with E-state index in [1.54, 1.807) is 13.2 Å². The molecule has 0 amide bonds. The smallest absolute Gasteiger partial charge is 0.356 e. The second kappa shape index (κ2) is 4.33. The minimum atomic E-state index is -0.419. The number of hydrogen-bond acceptors (Lipinski definition) is 5. The number of carbonyl (C=O) groups excluding carboxylic acids is 1. The second-order valence-corrected chi connectivity index (χ2v) is 4.59. The summed E-state index contributed by atoms with van der Waals surface area (Å²) < 4.78 is 15.5. The first-order chi connectivity index (χ1) is 8.74. The van der Waals surface area contributed by atoms with Gasteiger partial charge in [0, 0.05) is 7.11 Å². The zero-order valence-corrected chi connectivity index (χ0v) is 10.4. The van der Waals surface area contributed by atoms with Gasteiger partial charge in [0.15, 0.2) is 0 Å². The van der Waals surface area contributed by atoms with Crippen LogP contribution in [0.25, 0.3) is 0 Å². The molecule has 5 nitrogen and oxygen atoms in total. The fourth-order valence-corrected chi connectivity index (χ4v) is 2.55. The third kappa shape index (κ3) is 1.79. The van der Waals surface area contributed by atoms with E-state index in [0.717, 1.165) is 24.1 Å². The molecule has 0 spiro atoms. The normalized spacial score (nSPS) is 24.1. The fourth-order valence-electron chi connectivity index (χ4n) is 2.55. The average Bonchev–Trinajstić information content (AvgIpc) is 3.17. The van der Waals surface area contributed by atoms with Crippen LogP contribution >= 0.6 is 0 Å². The average molecular weight is 249 g/mol. The molecule has 1 aromatic heterocycles. The Kier molecular flexibility index (Phi) is 2.80. The highest BCUT2D eigenvalue weighted by Crippen LogP contribution is 2.46. The van der Waals surface area contributed by atoms with Gasteiger partial charge in [-0.2, -0.15) is 0 Å². The lowest BCUT2D eigenvalue weighted by molar-refractivity contribution is 0.0593. The minimum Gasteiger partial charge on any atom is -0.464 e. The molecule has 96 valence electrons. The van der Waals surface area contributed by atoms with Crippen LogP contribution in [0.2, 0.25) is 0 Å². The first-order valence-electron chi connectivity index (χ1n) is 6.00. The van der Waals surface area contributed by atoms with Crippen molar-refractivity contribution in [3.8, 4) is 0 Å². The van der Waals surface area contributed by atoms with Gasteiger partial charge in [0.1, 0.15) is 11.8 Å². The molecular formula is C13H15NO4. The molecule has 2 heterocycles. The van der Waals surface area contributed by atoms with Crippen molar-refractivity contribution in [3.63, 3.8) is 0 Å². The summed E-state index contributed by atoms with van der Waals surface area (Å²) in [5.74, 6) is -0.419. The molecule has 2 atom stereocenters. The number of rotatable bonds is 3. The van der Waals surface area contributed by atoms with Gasteiger partial charge in [-0.1, -0.05) is 0 Å². The van der Waals surface area contributed by atoms with Crippen molar-refractivity contribution in [1.29, 1.82) is 0 Å². The number of esters is 1. The maximum absolute atomic E-state index is 11.6. The van der Waals surface area contributed by atoms with Crippen LogP contribution in [0.15, 0.2) is 6.07 Å². The molecule has 3 rings (SSSR count). The molecule has 0 saturated carbocycles. The summed E-state index contributed by atoms with van der Waals surface area (Å²) in [6, 6.07) is 1.76. The monoisotopic (exact) mass is 249 g/mol. The molecule has 1 aromatic rings. The van der Waals surface area contributed by atoms with Crippen LogP contribution in [0.1, 0.15) is 39.8 Å². The molecule has 1 fully saturated rings. The number of methoxy groups -OCH3 is 2. The van der Waals surface area contributed by atoms with E-state index in [0.29, 0.717) is 12.3 Å². The van der Waals surface area contributed by atoms with Gasteiger partial charge < -0.3 is 14.2 Å². The number of epoxide rings is 1. The molecule has 0 bridgehead atoms. The van der Waals surface area contributed by atoms with Crippen molar-refractivity contribution in [1.82, 2.24) is 4.98 Å². The Labute approximate surface area is 105 Å². The van der Waals surface area contributed by atoms with Crippen molar-refractivity contribution in [2.75, 3.05) is 14.2 Å². The molecule has 0 radical (unpaired) electrons. The van der Waals surface area contributed by atoms with E-state index >= 15 is 0 Å². The minimum absolute atomic E-state index is 0.0639. The van der Waals surface area contributed by atoms with Gasteiger partial charge in [0.25, 0.3) is 0 Å². The third-order valence-electron chi connectivity index (χ3n) is 3.47. The van der Waals surface area contributed by atoms with Gasteiger partial charge in [0.2, 0.25) is 0 Å². The number of pyridine rings is 1. The maximum atomic E-state index is 11.6. The highest BCUT2D eigenvalue weighted by Gasteiger charge is 2.46. The van der Waals surface area contributed by atoms with E-state index in [1.807, 2.05) is 0 Å². The van der Waals surface area contributed by atoms with Crippen molar-refractivity contribution < 1.29 is 19.0 Å². The van der Waals surface area contributed by atoms with Crippen molar-refractivity contribution >= 4 is 5.97 Å². The van der Waals surface area contributed by atoms with E-state index in [1.165, 1.54) is 12.7 Å². The zero-order chi connectivity index (χ0) is 12.7. The van der Waals surface area contributed by atoms with Gasteiger partial charge in [0.05, 0.1) is 25.5 Å². The van der Waals surface area contributed by atoms with Crippen molar-refractivity contribution in [3.05, 3.63) is 28.6 Å². The van der Waals surface area contributed by atoms with Crippen LogP contribution in [0.5, 0.6) is 0 Å². The summed E-state index contributed by atoms with van der Waals surface area (Å²) in [5, 5.41) is 0. The zero-order valence-electron chi connectivity index (χ0n) is 10.4. The van der Waals surface area contributed by atoms with Crippen LogP contribution in [0, 0.1) is 0 Å². The molecule has 1 aliphatic carbocycles. The fraction of sp³-hybridized carbons (Fsp3) is 0.538. The lowest BCUT2D eigenvalue weighted by Crippen LogP contribution is -2.15. The van der Waals surface area contributed by atoms with Gasteiger partial charge in [-0.05, 0) is 30.0 Å². The lowest BCUT2D eigenvalue weighted by atomic mass is 9.92. The standard InChI is InChI=1S/C13H15NO4/c1-16-6-7-5-9(13(15)17-2)14-11-8(7)3-4-10-12(11)18-10/h5,10,12H,3-4,6H2,1-2H3/t10-,12-/m0/s1. The van der Waals surface area contributed by atoms with Crippen LogP contribution in [0.3, 0.4) is 0 Å². The Bertz CT molecular complexity index is 500. The number of hydrogen-bond donors (Lipinski definition) is 0. The summed E-state index contributed by atoms with van der Waals surface area (Å²) in [6.45, 7) is 0.478. The number of aromatic nitrogens is 1. The van der Waals surface area contributed by atoms with E-state index in [2.05, 4.69) is 4.98 Å². The van der Waals surface area contributed by atoms with Crippen LogP contribution < -0.4 is 0 Å². The van der Waals surface area contributed by atoms with Crippen LogP contribution in [-0.2, 0) is 27.2 Å². The molecule has 18 heavy (non-hydrogen) atoms. The molecular weight excluding hydrogens is 234 g/mol. The summed E-state index contributed by atoms with van der Waals surface area (Å²) >= 11 is 0. The molecule has 5 heteroatoms. The number of nitrogens with zero attached hydrogens (tertiary/aromatic N) is 1. The number of ether oxygens (including phenoxy) is 3. The number of carbonyl (C=O) groups is 1. The molecule has 0 N–H and O–H groups in total. The van der Waals surface area contributed by atoms with Crippen LogP contribution in [0.4, 0.5) is 0 Å². The predicted molar refractivity (Wildman–Crippen MR) is 62.2 cm³/mol. The Morgan fingerprint density at radius 2 is 2.39 bits per heavy atom. The maximum Gasteiger partial charge on any atom is 0.356 e. The third-order valence-corrected chi connectivity index (χ3v) is 3.47. The summed E-state index contributed by atoms with van der Waals surface area (Å²) in [6.07, 6.45) is 2.30. The van der Waals surface area contributed by atoms with E-state index in [-0.39, 0.29) is 12.2 Å². The van der Waals surface area contributed by atoms with Crippen molar-refractivity contribution in [2.24, 2.45) is 0 Å². The molecule has 1 aliphatic heterocycles. The summed E-state index contributed by atoms with van der Waals surface area (Å²) in [4.78, 5) is 16.0. The van der Waals surface area contributed by atoms with Gasteiger partial charge in [-0.15, -0.1) is 0 Å². The quantitative estimate of drug-likeness (QED) is 0.598. The Morgan fingerprint density at radius 3 is 3.11 bits per heavy atom. The van der Waals surface area contributed by atoms with E-state index < -0.39 is 5.97 Å². The Balaban J connectivity index is 2.06. The Morgan fingerprint density at radius 1 is 1.56 bits per heavy atom. The van der Waals surface area contributed by atoms with Gasteiger partial charge in [-0.25, -0.2) is 9.78 Å². The highest BCUT2D eigenvalue weighted by atomic mass is 16.6. The first-order valence-corrected chi connectivity index (χ1v) is 6.00. The van der Waals surface area contributed by atoms with Crippen LogP contribution in [-0.4, -0.2) is 31.3 Å². The first kappa shape index (κ1) is 11.6. The van der Waals surface area contributed by atoms with E-state index in [9.17, 15) is 4.79 Å². The SMILES string of the molecule is COCc1cc(C(=O)OC)nc2c1CC[C@@H]1O[C@H]21. The summed E-state index contributed by atoms with van der Waals surface area (Å²) in [7, 11) is 3.00. The molecule has 1 saturated heterocycles. The van der Waals surface area contributed by atoms with Gasteiger partial charge in [-0.3, -0.25) is 0 Å². The Hall–Kier alpha value is -1.46.